The van der Waals surface area contributed by atoms with Crippen molar-refractivity contribution >= 4 is 6.03 Å². The fraction of sp³-hybridized carbons (Fsp3) is 0.435. The predicted octanol–water partition coefficient (Wildman–Crippen LogP) is 2.99. The van der Waals surface area contributed by atoms with Crippen molar-refractivity contribution in [2.45, 2.75) is 31.1 Å². The molecular formula is C23H26F3N7O. The Hall–Kier alpha value is -3.34. The number of hydrogen-bond acceptors (Lipinski definition) is 4. The van der Waals surface area contributed by atoms with Crippen molar-refractivity contribution in [3.05, 3.63) is 59.0 Å². The molecule has 180 valence electrons. The number of carbonyl (C=O) groups excluding carboxylic acids is 1. The number of rotatable bonds is 3. The molecule has 0 aliphatic carbocycles. The molecule has 0 radical (unpaired) electrons. The summed E-state index contributed by atoms with van der Waals surface area (Å²) < 4.78 is 42.6. The summed E-state index contributed by atoms with van der Waals surface area (Å²) in [6.45, 7) is 1.79. The van der Waals surface area contributed by atoms with Gasteiger partial charge in [-0.2, -0.15) is 23.4 Å². The van der Waals surface area contributed by atoms with E-state index >= 15 is 0 Å². The lowest BCUT2D eigenvalue weighted by molar-refractivity contribution is -0.138. The number of likely N-dealkylation sites (tertiary alicyclic amines) is 1. The minimum absolute atomic E-state index is 0.222. The van der Waals surface area contributed by atoms with Crippen LogP contribution in [0.25, 0.3) is 11.3 Å². The average Bonchev–Trinajstić information content (AvgIpc) is 3.50. The van der Waals surface area contributed by atoms with Crippen molar-refractivity contribution in [2.24, 2.45) is 7.05 Å². The van der Waals surface area contributed by atoms with E-state index in [2.05, 4.69) is 20.6 Å². The SMILES string of the molecule is CN1CC(NC(=O)N2CCc3[nH]nc(-c4cnn(C)c4)c3C2)[C@H](c2ccccc2C(F)(F)F)C1. The zero-order chi connectivity index (χ0) is 24.0. The number of likely N-dealkylation sites (N-methyl/N-ethyl adjacent to an activating group) is 1. The molecule has 8 nitrogen and oxygen atoms in total. The topological polar surface area (TPSA) is 82.1 Å². The van der Waals surface area contributed by atoms with Crippen LogP contribution in [0.1, 0.15) is 28.3 Å². The maximum absolute atomic E-state index is 13.6. The summed E-state index contributed by atoms with van der Waals surface area (Å²) >= 11 is 0. The Bertz CT molecular complexity index is 1200. The zero-order valence-electron chi connectivity index (χ0n) is 18.9. The summed E-state index contributed by atoms with van der Waals surface area (Å²) in [5, 5.41) is 14.7. The molecule has 1 unspecified atom stereocenters. The number of H-pyrrole nitrogens is 1. The van der Waals surface area contributed by atoms with Gasteiger partial charge >= 0.3 is 12.2 Å². The van der Waals surface area contributed by atoms with Gasteiger partial charge in [0, 0.05) is 62.0 Å². The van der Waals surface area contributed by atoms with Crippen LogP contribution in [0.2, 0.25) is 0 Å². The Morgan fingerprint density at radius 3 is 2.74 bits per heavy atom. The lowest BCUT2D eigenvalue weighted by atomic mass is 9.90. The largest absolute Gasteiger partial charge is 0.416 e. The second-order valence-corrected chi connectivity index (χ2v) is 9.07. The Morgan fingerprint density at radius 2 is 2.00 bits per heavy atom. The highest BCUT2D eigenvalue weighted by Crippen LogP contribution is 2.38. The van der Waals surface area contributed by atoms with Crippen LogP contribution in [0.15, 0.2) is 36.7 Å². The molecule has 1 aromatic carbocycles. The summed E-state index contributed by atoms with van der Waals surface area (Å²) in [7, 11) is 3.68. The second-order valence-electron chi connectivity index (χ2n) is 9.07. The number of hydrogen-bond donors (Lipinski definition) is 2. The van der Waals surface area contributed by atoms with E-state index in [0.717, 1.165) is 28.6 Å². The maximum atomic E-state index is 13.6. The number of nitrogens with one attached hydrogen (secondary N) is 2. The molecule has 2 aliphatic rings. The molecule has 2 aromatic heterocycles. The van der Waals surface area contributed by atoms with Crippen LogP contribution in [-0.2, 0) is 26.2 Å². The van der Waals surface area contributed by atoms with E-state index in [1.54, 1.807) is 21.8 Å². The number of nitrogens with zero attached hydrogens (tertiary/aromatic N) is 5. The smallest absolute Gasteiger partial charge is 0.333 e. The molecule has 4 heterocycles. The molecule has 1 saturated heterocycles. The van der Waals surface area contributed by atoms with E-state index < -0.39 is 23.7 Å². The summed E-state index contributed by atoms with van der Waals surface area (Å²) in [5.74, 6) is -0.452. The van der Waals surface area contributed by atoms with E-state index in [1.807, 2.05) is 25.2 Å². The van der Waals surface area contributed by atoms with Gasteiger partial charge in [0.05, 0.1) is 24.3 Å². The van der Waals surface area contributed by atoms with E-state index in [-0.39, 0.29) is 11.6 Å². The highest BCUT2D eigenvalue weighted by molar-refractivity contribution is 5.76. The van der Waals surface area contributed by atoms with Crippen molar-refractivity contribution in [2.75, 3.05) is 26.7 Å². The van der Waals surface area contributed by atoms with Gasteiger partial charge in [-0.15, -0.1) is 0 Å². The molecule has 0 spiro atoms. The van der Waals surface area contributed by atoms with Gasteiger partial charge in [0.25, 0.3) is 0 Å². The summed E-state index contributed by atoms with van der Waals surface area (Å²) in [6, 6.07) is 4.94. The second kappa shape index (κ2) is 8.46. The van der Waals surface area contributed by atoms with Gasteiger partial charge in [-0.3, -0.25) is 9.78 Å². The van der Waals surface area contributed by atoms with Crippen molar-refractivity contribution in [1.29, 1.82) is 0 Å². The van der Waals surface area contributed by atoms with Crippen LogP contribution in [0.4, 0.5) is 18.0 Å². The molecule has 1 fully saturated rings. The normalized spacial score (nSPS) is 21.0. The number of aryl methyl sites for hydroxylation is 1. The number of fused-ring (bicyclic) bond motifs is 1. The first-order chi connectivity index (χ1) is 16.2. The molecule has 2 N–H and O–H groups in total. The third-order valence-electron chi connectivity index (χ3n) is 6.68. The average molecular weight is 474 g/mol. The monoisotopic (exact) mass is 473 g/mol. The summed E-state index contributed by atoms with van der Waals surface area (Å²) in [4.78, 5) is 16.9. The lowest BCUT2D eigenvalue weighted by Gasteiger charge is -2.30. The number of halogens is 3. The van der Waals surface area contributed by atoms with E-state index in [1.165, 1.54) is 12.1 Å². The van der Waals surface area contributed by atoms with Crippen LogP contribution in [0.3, 0.4) is 0 Å². The van der Waals surface area contributed by atoms with Crippen molar-refractivity contribution < 1.29 is 18.0 Å². The van der Waals surface area contributed by atoms with Crippen LogP contribution in [-0.4, -0.2) is 68.5 Å². The first kappa shape index (κ1) is 22.5. The molecule has 11 heteroatoms. The van der Waals surface area contributed by atoms with Gasteiger partial charge in [0.15, 0.2) is 0 Å². The maximum Gasteiger partial charge on any atom is 0.416 e. The number of aromatic nitrogens is 4. The van der Waals surface area contributed by atoms with Gasteiger partial charge in [0.1, 0.15) is 5.69 Å². The minimum Gasteiger partial charge on any atom is -0.333 e. The Morgan fingerprint density at radius 1 is 1.21 bits per heavy atom. The Kier molecular flexibility index (Phi) is 5.59. The molecule has 0 bridgehead atoms. The number of benzene rings is 1. The van der Waals surface area contributed by atoms with Crippen LogP contribution < -0.4 is 5.32 Å². The molecule has 0 saturated carbocycles. The van der Waals surface area contributed by atoms with Crippen molar-refractivity contribution in [3.63, 3.8) is 0 Å². The first-order valence-electron chi connectivity index (χ1n) is 11.2. The highest BCUT2D eigenvalue weighted by Gasteiger charge is 2.41. The molecule has 3 aromatic rings. The van der Waals surface area contributed by atoms with Gasteiger partial charge < -0.3 is 15.1 Å². The molecule has 2 amide bonds. The molecule has 34 heavy (non-hydrogen) atoms. The third kappa shape index (κ3) is 4.15. The quantitative estimate of drug-likeness (QED) is 0.613. The number of amides is 2. The summed E-state index contributed by atoms with van der Waals surface area (Å²) in [5.41, 5.74) is 3.13. The fourth-order valence-corrected chi connectivity index (χ4v) is 5.04. The van der Waals surface area contributed by atoms with E-state index in [4.69, 9.17) is 0 Å². The van der Waals surface area contributed by atoms with Gasteiger partial charge in [-0.05, 0) is 18.7 Å². The number of aromatic amines is 1. The van der Waals surface area contributed by atoms with Gasteiger partial charge in [-0.1, -0.05) is 18.2 Å². The lowest BCUT2D eigenvalue weighted by Crippen LogP contribution is -2.48. The highest BCUT2D eigenvalue weighted by atomic mass is 19.4. The molecule has 2 atom stereocenters. The van der Waals surface area contributed by atoms with E-state index in [0.29, 0.717) is 32.6 Å². The third-order valence-corrected chi connectivity index (χ3v) is 6.68. The van der Waals surface area contributed by atoms with Crippen molar-refractivity contribution in [1.82, 2.24) is 35.1 Å². The van der Waals surface area contributed by atoms with Gasteiger partial charge in [-0.25, -0.2) is 4.79 Å². The standard InChI is InChI=1S/C23H26F3N7O/c1-31-11-16(15-5-3-4-6-18(15)23(24,25)26)20(13-31)28-22(34)33-8-7-19-17(12-33)21(30-29-19)14-9-27-32(2)10-14/h3-6,9-10,16,20H,7-8,11-13H2,1-2H3,(H,28,34)(H,29,30)/t16-,20?/m0/s1. The minimum atomic E-state index is -4.44. The summed E-state index contributed by atoms with van der Waals surface area (Å²) in [6.07, 6.45) is -0.223. The fourth-order valence-electron chi connectivity index (χ4n) is 5.04. The molecular weight excluding hydrogens is 447 g/mol. The number of urea groups is 1. The van der Waals surface area contributed by atoms with Gasteiger partial charge in [0.2, 0.25) is 0 Å². The zero-order valence-corrected chi connectivity index (χ0v) is 18.9. The van der Waals surface area contributed by atoms with Crippen LogP contribution in [0.5, 0.6) is 0 Å². The van der Waals surface area contributed by atoms with Crippen molar-refractivity contribution in [3.8, 4) is 11.3 Å². The van der Waals surface area contributed by atoms with Crippen LogP contribution in [0, 0.1) is 0 Å². The molecule has 5 rings (SSSR count). The number of alkyl halides is 3. The predicted molar refractivity (Wildman–Crippen MR) is 119 cm³/mol. The number of carbonyl (C=O) groups is 1. The Labute approximate surface area is 194 Å². The Balaban J connectivity index is 1.35. The van der Waals surface area contributed by atoms with Crippen LogP contribution >= 0.6 is 0 Å². The van der Waals surface area contributed by atoms with E-state index in [9.17, 15) is 18.0 Å². The first-order valence-corrected chi connectivity index (χ1v) is 11.2. The molecule has 2 aliphatic heterocycles.